The van der Waals surface area contributed by atoms with Crippen LogP contribution >= 0.6 is 0 Å². The van der Waals surface area contributed by atoms with Crippen LogP contribution in [0.2, 0.25) is 0 Å². The number of carbonyl (C=O) groups is 3. The van der Waals surface area contributed by atoms with Gasteiger partial charge in [-0.25, -0.2) is 5.43 Å². The molecule has 1 saturated heterocycles. The van der Waals surface area contributed by atoms with Crippen molar-refractivity contribution in [2.24, 2.45) is 11.1 Å². The normalized spacial score (nSPS) is 18.4. The zero-order valence-corrected chi connectivity index (χ0v) is 24.2. The molecular weight excluding hydrogens is 516 g/mol. The van der Waals surface area contributed by atoms with Crippen LogP contribution in [0.15, 0.2) is 72.9 Å². The molecule has 0 aliphatic carbocycles. The van der Waals surface area contributed by atoms with E-state index in [4.69, 9.17) is 5.73 Å². The lowest BCUT2D eigenvalue weighted by atomic mass is 9.74. The Hall–Kier alpha value is -3.95. The standard InChI is InChI=1S/C32H42N6O3/c1-31(2,33)16-9-15-28(39)36-27(19-24-21-35-26-14-8-7-13-25(24)26)29(40)38-18-10-17-32(22-38,30(41)37-34-3)20-23-11-5-4-6-12-23/h4-9,11-15,21,27,34-35H,10,16-20,22,33H2,1-3H3,(H,36,39)(H,37,41)/b15-9+/t27?,32-/m1/s1. The van der Waals surface area contributed by atoms with E-state index < -0.39 is 17.0 Å². The van der Waals surface area contributed by atoms with Gasteiger partial charge < -0.3 is 20.9 Å². The number of nitrogens with zero attached hydrogens (tertiary/aromatic N) is 1. The predicted molar refractivity (Wildman–Crippen MR) is 162 cm³/mol. The molecule has 9 heteroatoms. The molecule has 2 aromatic carbocycles. The highest BCUT2D eigenvalue weighted by molar-refractivity contribution is 5.94. The number of benzene rings is 2. The summed E-state index contributed by atoms with van der Waals surface area (Å²) < 4.78 is 0. The molecule has 41 heavy (non-hydrogen) atoms. The molecule has 2 atom stereocenters. The van der Waals surface area contributed by atoms with Gasteiger partial charge in [-0.05, 0) is 62.8 Å². The van der Waals surface area contributed by atoms with Gasteiger partial charge in [-0.1, -0.05) is 54.6 Å². The first-order valence-corrected chi connectivity index (χ1v) is 14.2. The molecule has 6 N–H and O–H groups in total. The minimum atomic E-state index is -0.808. The van der Waals surface area contributed by atoms with Crippen LogP contribution in [0.4, 0.5) is 0 Å². The Labute approximate surface area is 241 Å². The maximum absolute atomic E-state index is 14.2. The molecule has 3 aromatic rings. The average Bonchev–Trinajstić information content (AvgIpc) is 3.35. The number of hydrazine groups is 1. The number of piperidine rings is 1. The number of aromatic nitrogens is 1. The fraction of sp³-hybridized carbons (Fsp3) is 0.406. The van der Waals surface area contributed by atoms with E-state index in [1.54, 1.807) is 18.0 Å². The highest BCUT2D eigenvalue weighted by atomic mass is 16.2. The molecule has 4 rings (SSSR count). The number of amides is 3. The van der Waals surface area contributed by atoms with Gasteiger partial charge in [-0.15, -0.1) is 0 Å². The van der Waals surface area contributed by atoms with Crippen LogP contribution < -0.4 is 21.9 Å². The quantitative estimate of drug-likeness (QED) is 0.182. The molecule has 0 bridgehead atoms. The highest BCUT2D eigenvalue weighted by Crippen LogP contribution is 2.35. The lowest BCUT2D eigenvalue weighted by molar-refractivity contribution is -0.144. The van der Waals surface area contributed by atoms with Crippen LogP contribution in [0.5, 0.6) is 0 Å². The van der Waals surface area contributed by atoms with Crippen molar-refractivity contribution in [1.29, 1.82) is 0 Å². The fourth-order valence-electron chi connectivity index (χ4n) is 5.59. The maximum atomic E-state index is 14.2. The summed E-state index contributed by atoms with van der Waals surface area (Å²) in [6.07, 6.45) is 7.73. The van der Waals surface area contributed by atoms with Crippen LogP contribution in [0.3, 0.4) is 0 Å². The van der Waals surface area contributed by atoms with Crippen molar-refractivity contribution < 1.29 is 14.4 Å². The van der Waals surface area contributed by atoms with Gasteiger partial charge in [0, 0.05) is 49.2 Å². The SMILES string of the molecule is CNNC(=O)[C@@]1(Cc2ccccc2)CCCN(C(=O)C(Cc2c[nH]c3ccccc23)NC(=O)/C=C/CC(C)(C)N)C1. The summed E-state index contributed by atoms with van der Waals surface area (Å²) in [6.45, 7) is 4.55. The number of hydrogen-bond donors (Lipinski definition) is 5. The third kappa shape index (κ3) is 7.83. The van der Waals surface area contributed by atoms with Gasteiger partial charge in [0.25, 0.3) is 0 Å². The topological polar surface area (TPSA) is 132 Å². The summed E-state index contributed by atoms with van der Waals surface area (Å²) in [7, 11) is 1.66. The number of hydrogen-bond acceptors (Lipinski definition) is 5. The Kier molecular flexibility index (Phi) is 9.62. The largest absolute Gasteiger partial charge is 0.361 e. The minimum Gasteiger partial charge on any atom is -0.361 e. The number of aromatic amines is 1. The number of fused-ring (bicyclic) bond motifs is 1. The van der Waals surface area contributed by atoms with Crippen molar-refractivity contribution >= 4 is 28.6 Å². The van der Waals surface area contributed by atoms with Crippen LogP contribution in [0.25, 0.3) is 10.9 Å². The summed E-state index contributed by atoms with van der Waals surface area (Å²) in [5.41, 5.74) is 13.3. The summed E-state index contributed by atoms with van der Waals surface area (Å²) in [5.74, 6) is -0.704. The first-order chi connectivity index (χ1) is 19.6. The van der Waals surface area contributed by atoms with Crippen LogP contribution in [0.1, 0.15) is 44.2 Å². The Morgan fingerprint density at radius 3 is 2.59 bits per heavy atom. The molecule has 3 amide bonds. The van der Waals surface area contributed by atoms with Gasteiger partial charge in [0.15, 0.2) is 0 Å². The molecule has 0 saturated carbocycles. The predicted octanol–water partition coefficient (Wildman–Crippen LogP) is 2.98. The number of nitrogens with one attached hydrogen (secondary N) is 4. The maximum Gasteiger partial charge on any atom is 0.245 e. The molecule has 1 aromatic heterocycles. The number of rotatable bonds is 11. The van der Waals surface area contributed by atoms with Gasteiger partial charge in [0.05, 0.1) is 5.41 Å². The molecule has 0 radical (unpaired) electrons. The van der Waals surface area contributed by atoms with Crippen LogP contribution in [-0.2, 0) is 27.2 Å². The minimum absolute atomic E-state index is 0.147. The lowest BCUT2D eigenvalue weighted by Gasteiger charge is -2.42. The number of H-pyrrole nitrogens is 1. The Bertz CT molecular complexity index is 1380. The molecule has 1 unspecified atom stereocenters. The van der Waals surface area contributed by atoms with Crippen LogP contribution in [0, 0.1) is 5.41 Å². The van der Waals surface area contributed by atoms with Gasteiger partial charge >= 0.3 is 0 Å². The van der Waals surface area contributed by atoms with Crippen molar-refractivity contribution in [2.45, 2.75) is 57.5 Å². The average molecular weight is 559 g/mol. The summed E-state index contributed by atoms with van der Waals surface area (Å²) >= 11 is 0. The van der Waals surface area contributed by atoms with E-state index >= 15 is 0 Å². The Morgan fingerprint density at radius 2 is 1.85 bits per heavy atom. The monoisotopic (exact) mass is 558 g/mol. The molecule has 218 valence electrons. The smallest absolute Gasteiger partial charge is 0.245 e. The Balaban J connectivity index is 1.60. The van der Waals surface area contributed by atoms with Gasteiger partial charge in [-0.2, -0.15) is 0 Å². The molecule has 1 aliphatic heterocycles. The van der Waals surface area contributed by atoms with E-state index in [2.05, 4.69) is 21.2 Å². The van der Waals surface area contributed by atoms with Gasteiger partial charge in [-0.3, -0.25) is 19.8 Å². The number of likely N-dealkylation sites (tertiary alicyclic amines) is 1. The van der Waals surface area contributed by atoms with Crippen molar-refractivity contribution in [2.75, 3.05) is 20.1 Å². The second kappa shape index (κ2) is 13.1. The third-order valence-electron chi connectivity index (χ3n) is 7.62. The molecule has 2 heterocycles. The summed E-state index contributed by atoms with van der Waals surface area (Å²) in [6, 6.07) is 16.9. The van der Waals surface area contributed by atoms with Crippen molar-refractivity contribution in [3.8, 4) is 0 Å². The molecule has 1 aliphatic rings. The van der Waals surface area contributed by atoms with Crippen molar-refractivity contribution in [3.05, 3.63) is 84.1 Å². The van der Waals surface area contributed by atoms with Gasteiger partial charge in [0.1, 0.15) is 6.04 Å². The van der Waals surface area contributed by atoms with Crippen molar-refractivity contribution in [1.82, 2.24) is 26.1 Å². The molecular formula is C32H42N6O3. The highest BCUT2D eigenvalue weighted by Gasteiger charge is 2.44. The first-order valence-electron chi connectivity index (χ1n) is 14.2. The van der Waals surface area contributed by atoms with E-state index in [9.17, 15) is 14.4 Å². The second-order valence-corrected chi connectivity index (χ2v) is 11.7. The summed E-state index contributed by atoms with van der Waals surface area (Å²) in [5, 5.41) is 3.96. The molecule has 0 spiro atoms. The van der Waals surface area contributed by atoms with E-state index in [1.165, 1.54) is 6.08 Å². The van der Waals surface area contributed by atoms with Gasteiger partial charge in [0.2, 0.25) is 17.7 Å². The first kappa shape index (κ1) is 30.0. The van der Waals surface area contributed by atoms with Crippen molar-refractivity contribution in [3.63, 3.8) is 0 Å². The number of para-hydroxylation sites is 1. The zero-order chi connectivity index (χ0) is 29.5. The second-order valence-electron chi connectivity index (χ2n) is 11.7. The summed E-state index contributed by atoms with van der Waals surface area (Å²) in [4.78, 5) is 45.6. The third-order valence-corrected chi connectivity index (χ3v) is 7.62. The fourth-order valence-corrected chi connectivity index (χ4v) is 5.59. The van der Waals surface area contributed by atoms with E-state index in [1.807, 2.05) is 74.6 Å². The lowest BCUT2D eigenvalue weighted by Crippen LogP contribution is -2.59. The molecule has 1 fully saturated rings. The van der Waals surface area contributed by atoms with E-state index in [0.29, 0.717) is 38.6 Å². The van der Waals surface area contributed by atoms with E-state index in [-0.39, 0.29) is 24.3 Å². The van der Waals surface area contributed by atoms with Crippen LogP contribution in [-0.4, -0.2) is 59.3 Å². The number of nitrogens with two attached hydrogens (primary N) is 1. The molecule has 9 nitrogen and oxygen atoms in total. The zero-order valence-electron chi connectivity index (χ0n) is 24.2. The van der Waals surface area contributed by atoms with E-state index in [0.717, 1.165) is 22.0 Å². The Morgan fingerprint density at radius 1 is 1.12 bits per heavy atom. The number of carbonyl (C=O) groups excluding carboxylic acids is 3.